The second-order valence-electron chi connectivity index (χ2n) is 5.51. The van der Waals surface area contributed by atoms with E-state index in [-0.39, 0.29) is 0 Å². The SMILES string of the molecule is NCCC1CCN(c2ncnc3c2CCCC3)C1. The van der Waals surface area contributed by atoms with E-state index in [2.05, 4.69) is 14.9 Å². The molecule has 0 aromatic carbocycles. The van der Waals surface area contributed by atoms with Gasteiger partial charge in [0.05, 0.1) is 0 Å². The standard InChI is InChI=1S/C14H22N4/c15-7-5-11-6-8-18(9-11)14-12-3-1-2-4-13(12)16-10-17-14/h10-11H,1-9,15H2. The second-order valence-corrected chi connectivity index (χ2v) is 5.51. The third-order valence-electron chi connectivity index (χ3n) is 4.26. The van der Waals surface area contributed by atoms with Crippen molar-refractivity contribution < 1.29 is 0 Å². The largest absolute Gasteiger partial charge is 0.356 e. The Labute approximate surface area is 109 Å². The lowest BCUT2D eigenvalue weighted by Gasteiger charge is -2.24. The number of anilines is 1. The fraction of sp³-hybridized carbons (Fsp3) is 0.714. The van der Waals surface area contributed by atoms with Gasteiger partial charge in [-0.2, -0.15) is 0 Å². The summed E-state index contributed by atoms with van der Waals surface area (Å²) in [6.45, 7) is 3.06. The Hall–Kier alpha value is -1.16. The number of nitrogens with zero attached hydrogens (tertiary/aromatic N) is 3. The van der Waals surface area contributed by atoms with Gasteiger partial charge >= 0.3 is 0 Å². The maximum atomic E-state index is 5.66. The predicted octanol–water partition coefficient (Wildman–Crippen LogP) is 1.53. The average molecular weight is 246 g/mol. The zero-order chi connectivity index (χ0) is 12.4. The van der Waals surface area contributed by atoms with Crippen molar-refractivity contribution in [3.63, 3.8) is 0 Å². The van der Waals surface area contributed by atoms with Gasteiger partial charge in [0, 0.05) is 24.3 Å². The minimum Gasteiger partial charge on any atom is -0.356 e. The van der Waals surface area contributed by atoms with Gasteiger partial charge < -0.3 is 10.6 Å². The van der Waals surface area contributed by atoms with Gasteiger partial charge in [-0.1, -0.05) is 0 Å². The summed E-state index contributed by atoms with van der Waals surface area (Å²) < 4.78 is 0. The molecule has 1 saturated heterocycles. The molecule has 2 N–H and O–H groups in total. The van der Waals surface area contributed by atoms with E-state index in [0.29, 0.717) is 0 Å². The molecule has 0 bridgehead atoms. The topological polar surface area (TPSA) is 55.0 Å². The first kappa shape index (κ1) is 11.9. The number of hydrogen-bond donors (Lipinski definition) is 1. The number of hydrogen-bond acceptors (Lipinski definition) is 4. The van der Waals surface area contributed by atoms with Crippen molar-refractivity contribution in [3.05, 3.63) is 17.6 Å². The van der Waals surface area contributed by atoms with Crippen LogP contribution in [-0.4, -0.2) is 29.6 Å². The molecule has 0 amide bonds. The molecule has 1 aromatic rings. The van der Waals surface area contributed by atoms with Crippen molar-refractivity contribution in [2.24, 2.45) is 11.7 Å². The Morgan fingerprint density at radius 1 is 1.28 bits per heavy atom. The monoisotopic (exact) mass is 246 g/mol. The van der Waals surface area contributed by atoms with Gasteiger partial charge in [0.25, 0.3) is 0 Å². The molecule has 0 spiro atoms. The molecule has 1 atom stereocenters. The van der Waals surface area contributed by atoms with Gasteiger partial charge in [-0.25, -0.2) is 9.97 Å². The van der Waals surface area contributed by atoms with Crippen LogP contribution in [-0.2, 0) is 12.8 Å². The lowest BCUT2D eigenvalue weighted by Crippen LogP contribution is -2.24. The molecule has 4 nitrogen and oxygen atoms in total. The smallest absolute Gasteiger partial charge is 0.135 e. The summed E-state index contributed by atoms with van der Waals surface area (Å²) in [5.41, 5.74) is 8.36. The maximum absolute atomic E-state index is 5.66. The van der Waals surface area contributed by atoms with Crippen LogP contribution in [0.15, 0.2) is 6.33 Å². The van der Waals surface area contributed by atoms with Crippen LogP contribution >= 0.6 is 0 Å². The molecule has 1 unspecified atom stereocenters. The van der Waals surface area contributed by atoms with Crippen LogP contribution in [0, 0.1) is 5.92 Å². The number of nitrogens with two attached hydrogens (primary N) is 1. The number of aromatic nitrogens is 2. The molecule has 2 aliphatic rings. The van der Waals surface area contributed by atoms with Crippen molar-refractivity contribution in [2.75, 3.05) is 24.5 Å². The zero-order valence-corrected chi connectivity index (χ0v) is 10.9. The van der Waals surface area contributed by atoms with Crippen LogP contribution < -0.4 is 10.6 Å². The van der Waals surface area contributed by atoms with Crippen LogP contribution in [0.1, 0.15) is 36.9 Å². The lowest BCUT2D eigenvalue weighted by molar-refractivity contribution is 0.545. The molecule has 3 rings (SSSR count). The summed E-state index contributed by atoms with van der Waals surface area (Å²) in [5.74, 6) is 1.96. The van der Waals surface area contributed by atoms with Crippen molar-refractivity contribution in [2.45, 2.75) is 38.5 Å². The van der Waals surface area contributed by atoms with Gasteiger partial charge in [-0.15, -0.1) is 0 Å². The minimum atomic E-state index is 0.754. The highest BCUT2D eigenvalue weighted by Crippen LogP contribution is 2.31. The quantitative estimate of drug-likeness (QED) is 0.879. The summed E-state index contributed by atoms with van der Waals surface area (Å²) in [6, 6.07) is 0. The zero-order valence-electron chi connectivity index (χ0n) is 10.9. The molecule has 4 heteroatoms. The van der Waals surface area contributed by atoms with Crippen LogP contribution in [0.4, 0.5) is 5.82 Å². The van der Waals surface area contributed by atoms with Gasteiger partial charge in [0.1, 0.15) is 12.1 Å². The van der Waals surface area contributed by atoms with E-state index in [1.165, 1.54) is 36.3 Å². The molecule has 1 aliphatic carbocycles. The first-order chi connectivity index (χ1) is 8.88. The van der Waals surface area contributed by atoms with E-state index >= 15 is 0 Å². The highest BCUT2D eigenvalue weighted by molar-refractivity contribution is 5.50. The average Bonchev–Trinajstić information content (AvgIpc) is 2.87. The predicted molar refractivity (Wildman–Crippen MR) is 72.7 cm³/mol. The fourth-order valence-electron chi connectivity index (χ4n) is 3.27. The maximum Gasteiger partial charge on any atom is 0.135 e. The molecule has 98 valence electrons. The third-order valence-corrected chi connectivity index (χ3v) is 4.26. The van der Waals surface area contributed by atoms with Gasteiger partial charge in [0.2, 0.25) is 0 Å². The molecule has 1 fully saturated rings. The molecule has 18 heavy (non-hydrogen) atoms. The Bertz CT molecular complexity index is 418. The Balaban J connectivity index is 1.80. The van der Waals surface area contributed by atoms with E-state index < -0.39 is 0 Å². The first-order valence-electron chi connectivity index (χ1n) is 7.16. The Morgan fingerprint density at radius 3 is 3.06 bits per heavy atom. The third kappa shape index (κ3) is 2.21. The summed E-state index contributed by atoms with van der Waals surface area (Å²) in [6.07, 6.45) is 9.00. The molecule has 1 aliphatic heterocycles. The second kappa shape index (κ2) is 5.22. The van der Waals surface area contributed by atoms with Gasteiger partial charge in [-0.3, -0.25) is 0 Å². The van der Waals surface area contributed by atoms with Crippen LogP contribution in [0.5, 0.6) is 0 Å². The van der Waals surface area contributed by atoms with E-state index in [1.54, 1.807) is 6.33 Å². The lowest BCUT2D eigenvalue weighted by atomic mass is 9.96. The highest BCUT2D eigenvalue weighted by Gasteiger charge is 2.26. The van der Waals surface area contributed by atoms with E-state index in [1.807, 2.05) is 0 Å². The van der Waals surface area contributed by atoms with Crippen LogP contribution in [0.25, 0.3) is 0 Å². The summed E-state index contributed by atoms with van der Waals surface area (Å²) in [5, 5.41) is 0. The van der Waals surface area contributed by atoms with Gasteiger partial charge in [-0.05, 0) is 51.0 Å². The molecular formula is C14H22N4. The molecule has 0 saturated carbocycles. The molecule has 1 aromatic heterocycles. The Morgan fingerprint density at radius 2 is 2.17 bits per heavy atom. The van der Waals surface area contributed by atoms with E-state index in [0.717, 1.165) is 44.8 Å². The van der Waals surface area contributed by atoms with E-state index in [4.69, 9.17) is 5.73 Å². The highest BCUT2D eigenvalue weighted by atomic mass is 15.2. The summed E-state index contributed by atoms with van der Waals surface area (Å²) in [4.78, 5) is 11.5. The van der Waals surface area contributed by atoms with Crippen molar-refractivity contribution in [1.82, 2.24) is 9.97 Å². The normalized spacial score (nSPS) is 23.2. The van der Waals surface area contributed by atoms with Crippen molar-refractivity contribution in [1.29, 1.82) is 0 Å². The number of fused-ring (bicyclic) bond motifs is 1. The minimum absolute atomic E-state index is 0.754. The van der Waals surface area contributed by atoms with Crippen molar-refractivity contribution in [3.8, 4) is 0 Å². The van der Waals surface area contributed by atoms with Crippen LogP contribution in [0.3, 0.4) is 0 Å². The van der Waals surface area contributed by atoms with Gasteiger partial charge in [0.15, 0.2) is 0 Å². The fourth-order valence-corrected chi connectivity index (χ4v) is 3.27. The number of rotatable bonds is 3. The Kier molecular flexibility index (Phi) is 3.46. The molecule has 0 radical (unpaired) electrons. The first-order valence-corrected chi connectivity index (χ1v) is 7.16. The van der Waals surface area contributed by atoms with Crippen LogP contribution in [0.2, 0.25) is 0 Å². The number of aryl methyl sites for hydroxylation is 1. The summed E-state index contributed by atoms with van der Waals surface area (Å²) >= 11 is 0. The molecular weight excluding hydrogens is 224 g/mol. The van der Waals surface area contributed by atoms with Crippen molar-refractivity contribution >= 4 is 5.82 Å². The summed E-state index contributed by atoms with van der Waals surface area (Å²) in [7, 11) is 0. The molecule has 2 heterocycles. The van der Waals surface area contributed by atoms with E-state index in [9.17, 15) is 0 Å².